The van der Waals surface area contributed by atoms with E-state index in [0.29, 0.717) is 23.8 Å². The van der Waals surface area contributed by atoms with Gasteiger partial charge in [-0.1, -0.05) is 12.1 Å². The van der Waals surface area contributed by atoms with Crippen LogP contribution in [0.2, 0.25) is 0 Å². The van der Waals surface area contributed by atoms with Gasteiger partial charge in [0.05, 0.1) is 12.2 Å². The van der Waals surface area contributed by atoms with Gasteiger partial charge in [0, 0.05) is 13.3 Å². The van der Waals surface area contributed by atoms with Crippen LogP contribution < -0.4 is 4.74 Å². The second kappa shape index (κ2) is 5.93. The molecule has 0 aliphatic rings. The van der Waals surface area contributed by atoms with Gasteiger partial charge in [-0.05, 0) is 29.8 Å². The van der Waals surface area contributed by atoms with Gasteiger partial charge in [-0.15, -0.1) is 0 Å². The molecule has 0 amide bonds. The summed E-state index contributed by atoms with van der Waals surface area (Å²) in [6.45, 7) is 0.514. The standard InChI is InChI=1S/C14H13NO3/c1-17-10-11-4-2-6-13(8-11)18-14-12(9-16)5-3-7-15-14/h2-9H,10H2,1H3. The number of nitrogens with zero attached hydrogens (tertiary/aromatic N) is 1. The van der Waals surface area contributed by atoms with Gasteiger partial charge in [0.25, 0.3) is 0 Å². The van der Waals surface area contributed by atoms with Crippen molar-refractivity contribution >= 4 is 6.29 Å². The first kappa shape index (κ1) is 12.3. The van der Waals surface area contributed by atoms with Crippen molar-refractivity contribution in [2.45, 2.75) is 6.61 Å². The van der Waals surface area contributed by atoms with E-state index in [4.69, 9.17) is 9.47 Å². The van der Waals surface area contributed by atoms with Gasteiger partial charge in [0.15, 0.2) is 6.29 Å². The zero-order valence-corrected chi connectivity index (χ0v) is 10.00. The Morgan fingerprint density at radius 3 is 2.94 bits per heavy atom. The Labute approximate surface area is 105 Å². The van der Waals surface area contributed by atoms with Gasteiger partial charge < -0.3 is 9.47 Å². The van der Waals surface area contributed by atoms with E-state index in [-0.39, 0.29) is 0 Å². The molecule has 0 fully saturated rings. The Balaban J connectivity index is 2.22. The molecule has 0 spiro atoms. The molecule has 0 saturated heterocycles. The molecular weight excluding hydrogens is 230 g/mol. The molecule has 0 radical (unpaired) electrons. The normalized spacial score (nSPS) is 10.1. The molecule has 0 saturated carbocycles. The van der Waals surface area contributed by atoms with Crippen LogP contribution in [0.3, 0.4) is 0 Å². The van der Waals surface area contributed by atoms with Gasteiger partial charge >= 0.3 is 0 Å². The zero-order valence-electron chi connectivity index (χ0n) is 10.00. The van der Waals surface area contributed by atoms with Crippen LogP contribution in [0.4, 0.5) is 0 Å². The summed E-state index contributed by atoms with van der Waals surface area (Å²) in [6, 6.07) is 10.8. The topological polar surface area (TPSA) is 48.4 Å². The summed E-state index contributed by atoms with van der Waals surface area (Å²) < 4.78 is 10.6. The number of methoxy groups -OCH3 is 1. The van der Waals surface area contributed by atoms with Crippen molar-refractivity contribution in [2.24, 2.45) is 0 Å². The van der Waals surface area contributed by atoms with Crippen LogP contribution in [0.1, 0.15) is 15.9 Å². The molecule has 0 atom stereocenters. The van der Waals surface area contributed by atoms with E-state index >= 15 is 0 Å². The second-order valence-corrected chi connectivity index (χ2v) is 3.70. The number of aromatic nitrogens is 1. The lowest BCUT2D eigenvalue weighted by Gasteiger charge is -2.07. The molecule has 1 aromatic carbocycles. The lowest BCUT2D eigenvalue weighted by molar-refractivity contribution is 0.112. The summed E-state index contributed by atoms with van der Waals surface area (Å²) in [6.07, 6.45) is 2.31. The minimum absolute atomic E-state index is 0.307. The maximum Gasteiger partial charge on any atom is 0.229 e. The van der Waals surface area contributed by atoms with Gasteiger partial charge in [-0.3, -0.25) is 4.79 Å². The first-order valence-corrected chi connectivity index (χ1v) is 5.49. The summed E-state index contributed by atoms with van der Waals surface area (Å²) in [7, 11) is 1.64. The van der Waals surface area contributed by atoms with Crippen molar-refractivity contribution < 1.29 is 14.3 Å². The number of ether oxygens (including phenoxy) is 2. The van der Waals surface area contributed by atoms with Crippen LogP contribution >= 0.6 is 0 Å². The number of hydrogen-bond donors (Lipinski definition) is 0. The van der Waals surface area contributed by atoms with Crippen LogP contribution in [0, 0.1) is 0 Å². The van der Waals surface area contributed by atoms with Crippen LogP contribution in [-0.2, 0) is 11.3 Å². The monoisotopic (exact) mass is 243 g/mol. The molecular formula is C14H13NO3. The highest BCUT2D eigenvalue weighted by Crippen LogP contribution is 2.22. The Morgan fingerprint density at radius 1 is 1.28 bits per heavy atom. The van der Waals surface area contributed by atoms with Gasteiger partial charge in [0.1, 0.15) is 5.75 Å². The molecule has 1 heterocycles. The van der Waals surface area contributed by atoms with E-state index in [1.165, 1.54) is 0 Å². The summed E-state index contributed by atoms with van der Waals surface area (Å²) in [5.74, 6) is 0.938. The van der Waals surface area contributed by atoms with Crippen molar-refractivity contribution in [1.82, 2.24) is 4.98 Å². The molecule has 4 heteroatoms. The molecule has 0 unspecified atom stereocenters. The largest absolute Gasteiger partial charge is 0.438 e. The highest BCUT2D eigenvalue weighted by Gasteiger charge is 2.05. The number of rotatable bonds is 5. The molecule has 0 aliphatic carbocycles. The predicted octanol–water partition coefficient (Wildman–Crippen LogP) is 2.83. The second-order valence-electron chi connectivity index (χ2n) is 3.70. The van der Waals surface area contributed by atoms with Crippen molar-refractivity contribution in [3.63, 3.8) is 0 Å². The maximum absolute atomic E-state index is 10.8. The molecule has 2 aromatic rings. The molecule has 0 aliphatic heterocycles. The SMILES string of the molecule is COCc1cccc(Oc2ncccc2C=O)c1. The molecule has 4 nitrogen and oxygen atoms in total. The lowest BCUT2D eigenvalue weighted by Crippen LogP contribution is -1.94. The number of benzene rings is 1. The third-order valence-corrected chi connectivity index (χ3v) is 2.35. The highest BCUT2D eigenvalue weighted by molar-refractivity contribution is 5.78. The predicted molar refractivity (Wildman–Crippen MR) is 66.9 cm³/mol. The number of carbonyl (C=O) groups is 1. The quantitative estimate of drug-likeness (QED) is 0.757. The van der Waals surface area contributed by atoms with Crippen molar-refractivity contribution in [2.75, 3.05) is 7.11 Å². The highest BCUT2D eigenvalue weighted by atomic mass is 16.5. The average molecular weight is 243 g/mol. The van der Waals surface area contributed by atoms with Gasteiger partial charge in [-0.25, -0.2) is 4.98 Å². The van der Waals surface area contributed by atoms with Crippen molar-refractivity contribution in [3.8, 4) is 11.6 Å². The lowest BCUT2D eigenvalue weighted by atomic mass is 10.2. The maximum atomic E-state index is 10.8. The van der Waals surface area contributed by atoms with Crippen molar-refractivity contribution in [3.05, 3.63) is 53.7 Å². The Kier molecular flexibility index (Phi) is 4.04. The van der Waals surface area contributed by atoms with Crippen LogP contribution in [-0.4, -0.2) is 18.4 Å². The van der Waals surface area contributed by atoms with Crippen LogP contribution in [0.15, 0.2) is 42.6 Å². The summed E-state index contributed by atoms with van der Waals surface area (Å²) >= 11 is 0. The van der Waals surface area contributed by atoms with E-state index < -0.39 is 0 Å². The third kappa shape index (κ3) is 2.93. The van der Waals surface area contributed by atoms with E-state index in [1.54, 1.807) is 25.4 Å². The minimum Gasteiger partial charge on any atom is -0.438 e. The Hall–Kier alpha value is -2.20. The first-order chi connectivity index (χ1) is 8.83. The molecule has 0 bridgehead atoms. The van der Waals surface area contributed by atoms with Crippen molar-refractivity contribution in [1.29, 1.82) is 0 Å². The zero-order chi connectivity index (χ0) is 12.8. The third-order valence-electron chi connectivity index (χ3n) is 2.35. The minimum atomic E-state index is 0.307. The Bertz CT molecular complexity index is 540. The van der Waals surface area contributed by atoms with Gasteiger partial charge in [-0.2, -0.15) is 0 Å². The fraction of sp³-hybridized carbons (Fsp3) is 0.143. The van der Waals surface area contributed by atoms with E-state index in [9.17, 15) is 4.79 Å². The molecule has 0 N–H and O–H groups in total. The van der Waals surface area contributed by atoms with Crippen LogP contribution in [0.25, 0.3) is 0 Å². The summed E-state index contributed by atoms with van der Waals surface area (Å²) in [4.78, 5) is 14.9. The number of carbonyl (C=O) groups excluding carboxylic acids is 1. The average Bonchev–Trinajstić information content (AvgIpc) is 2.40. The van der Waals surface area contributed by atoms with Gasteiger partial charge in [0.2, 0.25) is 5.88 Å². The van der Waals surface area contributed by atoms with E-state index in [1.807, 2.05) is 24.3 Å². The summed E-state index contributed by atoms with van der Waals surface area (Å²) in [5, 5.41) is 0. The first-order valence-electron chi connectivity index (χ1n) is 5.49. The fourth-order valence-corrected chi connectivity index (χ4v) is 1.56. The van der Waals surface area contributed by atoms with E-state index in [2.05, 4.69) is 4.98 Å². The molecule has 1 aromatic heterocycles. The molecule has 2 rings (SSSR count). The summed E-state index contributed by atoms with van der Waals surface area (Å²) in [5.41, 5.74) is 1.42. The molecule has 18 heavy (non-hydrogen) atoms. The molecule has 92 valence electrons. The number of pyridine rings is 1. The van der Waals surface area contributed by atoms with E-state index in [0.717, 1.165) is 11.8 Å². The smallest absolute Gasteiger partial charge is 0.229 e. The Morgan fingerprint density at radius 2 is 2.17 bits per heavy atom. The number of hydrogen-bond acceptors (Lipinski definition) is 4. The fourth-order valence-electron chi connectivity index (χ4n) is 1.56. The number of aldehydes is 1. The van der Waals surface area contributed by atoms with Crippen LogP contribution in [0.5, 0.6) is 11.6 Å².